The Hall–Kier alpha value is -1.68. The summed E-state index contributed by atoms with van der Waals surface area (Å²) < 4.78 is 5.49. The number of likely N-dealkylation sites (tertiary alicyclic amines) is 1. The van der Waals surface area contributed by atoms with E-state index in [0.717, 1.165) is 5.56 Å². The highest BCUT2D eigenvalue weighted by Gasteiger charge is 2.50. The van der Waals surface area contributed by atoms with Crippen molar-refractivity contribution in [3.05, 3.63) is 35.9 Å². The van der Waals surface area contributed by atoms with Crippen molar-refractivity contribution in [3.63, 3.8) is 0 Å². The molecule has 0 N–H and O–H groups in total. The van der Waals surface area contributed by atoms with Crippen LogP contribution in [-0.2, 0) is 19.9 Å². The van der Waals surface area contributed by atoms with Crippen LogP contribution in [0.1, 0.15) is 18.4 Å². The van der Waals surface area contributed by atoms with Gasteiger partial charge >= 0.3 is 0 Å². The SMILES string of the molecule is O=C1CCC(=O)N1CC1(c2ccccc2)CO1. The number of rotatable bonds is 3. The van der Waals surface area contributed by atoms with Crippen molar-refractivity contribution in [3.8, 4) is 0 Å². The van der Waals surface area contributed by atoms with Gasteiger partial charge in [0, 0.05) is 12.8 Å². The minimum atomic E-state index is -0.448. The summed E-state index contributed by atoms with van der Waals surface area (Å²) >= 11 is 0. The van der Waals surface area contributed by atoms with E-state index in [1.807, 2.05) is 30.3 Å². The molecule has 1 aromatic carbocycles. The maximum atomic E-state index is 11.6. The van der Waals surface area contributed by atoms with Gasteiger partial charge in [-0.2, -0.15) is 0 Å². The van der Waals surface area contributed by atoms with Crippen LogP contribution in [0.5, 0.6) is 0 Å². The average Bonchev–Trinajstić information content (AvgIpc) is 3.08. The third kappa shape index (κ3) is 1.74. The zero-order valence-electron chi connectivity index (χ0n) is 9.39. The number of carbonyl (C=O) groups excluding carboxylic acids is 2. The van der Waals surface area contributed by atoms with E-state index in [0.29, 0.717) is 26.0 Å². The van der Waals surface area contributed by atoms with Crippen molar-refractivity contribution in [2.45, 2.75) is 18.4 Å². The number of benzene rings is 1. The summed E-state index contributed by atoms with van der Waals surface area (Å²) in [6.07, 6.45) is 0.674. The second-order valence-corrected chi connectivity index (χ2v) is 4.52. The highest BCUT2D eigenvalue weighted by atomic mass is 16.6. The lowest BCUT2D eigenvalue weighted by molar-refractivity contribution is -0.139. The maximum absolute atomic E-state index is 11.6. The fourth-order valence-corrected chi connectivity index (χ4v) is 2.23. The molecule has 17 heavy (non-hydrogen) atoms. The van der Waals surface area contributed by atoms with E-state index in [2.05, 4.69) is 0 Å². The van der Waals surface area contributed by atoms with Crippen LogP contribution in [0.3, 0.4) is 0 Å². The zero-order chi connectivity index (χ0) is 11.9. The molecule has 2 saturated heterocycles. The van der Waals surface area contributed by atoms with Gasteiger partial charge in [0.2, 0.25) is 11.8 Å². The molecule has 0 radical (unpaired) electrons. The van der Waals surface area contributed by atoms with Gasteiger partial charge in [0.15, 0.2) is 0 Å². The summed E-state index contributed by atoms with van der Waals surface area (Å²) in [7, 11) is 0. The number of ether oxygens (including phenoxy) is 1. The van der Waals surface area contributed by atoms with Gasteiger partial charge in [-0.05, 0) is 5.56 Å². The van der Waals surface area contributed by atoms with Crippen LogP contribution in [0.4, 0.5) is 0 Å². The molecule has 3 rings (SSSR count). The Kier molecular flexibility index (Phi) is 2.26. The van der Waals surface area contributed by atoms with Gasteiger partial charge in [-0.25, -0.2) is 0 Å². The summed E-state index contributed by atoms with van der Waals surface area (Å²) in [6.45, 7) is 0.933. The Morgan fingerprint density at radius 3 is 2.24 bits per heavy atom. The minimum absolute atomic E-state index is 0.0826. The molecule has 0 aromatic heterocycles. The van der Waals surface area contributed by atoms with Gasteiger partial charge in [0.25, 0.3) is 0 Å². The molecule has 88 valence electrons. The first-order chi connectivity index (χ1) is 8.21. The third-order valence-electron chi connectivity index (χ3n) is 3.36. The van der Waals surface area contributed by atoms with Crippen LogP contribution >= 0.6 is 0 Å². The van der Waals surface area contributed by atoms with Gasteiger partial charge in [-0.1, -0.05) is 30.3 Å². The van der Waals surface area contributed by atoms with E-state index in [1.54, 1.807) is 0 Å². The second-order valence-electron chi connectivity index (χ2n) is 4.52. The summed E-state index contributed by atoms with van der Waals surface area (Å²) in [4.78, 5) is 24.5. The Morgan fingerprint density at radius 1 is 1.12 bits per heavy atom. The van der Waals surface area contributed by atoms with Gasteiger partial charge in [0.05, 0.1) is 13.2 Å². The summed E-state index contributed by atoms with van der Waals surface area (Å²) in [6, 6.07) is 9.75. The quantitative estimate of drug-likeness (QED) is 0.577. The van der Waals surface area contributed by atoms with Crippen molar-refractivity contribution in [1.29, 1.82) is 0 Å². The van der Waals surface area contributed by atoms with Crippen LogP contribution in [0.25, 0.3) is 0 Å². The smallest absolute Gasteiger partial charge is 0.229 e. The summed E-state index contributed by atoms with van der Waals surface area (Å²) in [5.41, 5.74) is 0.587. The third-order valence-corrected chi connectivity index (χ3v) is 3.36. The molecular weight excluding hydrogens is 218 g/mol. The average molecular weight is 231 g/mol. The molecule has 4 heteroatoms. The molecule has 1 aromatic rings. The molecule has 0 saturated carbocycles. The normalized spacial score (nSPS) is 27.6. The van der Waals surface area contributed by atoms with E-state index >= 15 is 0 Å². The summed E-state index contributed by atoms with van der Waals surface area (Å²) in [5.74, 6) is -0.165. The molecule has 2 amide bonds. The maximum Gasteiger partial charge on any atom is 0.229 e. The molecular formula is C13H13NO3. The standard InChI is InChI=1S/C13H13NO3/c15-11-6-7-12(16)14(11)8-13(9-17-13)10-4-2-1-3-5-10/h1-5H,6-9H2. The fraction of sp³-hybridized carbons (Fsp3) is 0.385. The summed E-state index contributed by atoms with van der Waals surface area (Å²) in [5, 5.41) is 0. The van der Waals surface area contributed by atoms with Crippen LogP contribution in [0, 0.1) is 0 Å². The van der Waals surface area contributed by atoms with Crippen molar-refractivity contribution >= 4 is 11.8 Å². The fourth-order valence-electron chi connectivity index (χ4n) is 2.23. The molecule has 2 heterocycles. The Morgan fingerprint density at radius 2 is 1.71 bits per heavy atom. The highest BCUT2D eigenvalue weighted by Crippen LogP contribution is 2.40. The first-order valence-corrected chi connectivity index (χ1v) is 5.74. The van der Waals surface area contributed by atoms with E-state index in [4.69, 9.17) is 4.74 Å². The number of amides is 2. The number of epoxide rings is 1. The lowest BCUT2D eigenvalue weighted by Gasteiger charge is -2.19. The lowest BCUT2D eigenvalue weighted by Crippen LogP contribution is -2.37. The number of carbonyl (C=O) groups is 2. The van der Waals surface area contributed by atoms with Gasteiger partial charge in [0.1, 0.15) is 5.60 Å². The molecule has 4 nitrogen and oxygen atoms in total. The van der Waals surface area contributed by atoms with Crippen molar-refractivity contribution in [2.75, 3.05) is 13.2 Å². The molecule has 0 aliphatic carbocycles. The molecule has 0 spiro atoms. The topological polar surface area (TPSA) is 49.9 Å². The number of hydrogen-bond acceptors (Lipinski definition) is 3. The highest BCUT2D eigenvalue weighted by molar-refractivity contribution is 6.02. The first kappa shape index (κ1) is 10.5. The molecule has 1 unspecified atom stereocenters. The molecule has 2 fully saturated rings. The number of hydrogen-bond donors (Lipinski definition) is 0. The van der Waals surface area contributed by atoms with Crippen LogP contribution in [-0.4, -0.2) is 29.9 Å². The number of nitrogens with zero attached hydrogens (tertiary/aromatic N) is 1. The molecule has 1 atom stereocenters. The van der Waals surface area contributed by atoms with Crippen molar-refractivity contribution < 1.29 is 14.3 Å². The number of imide groups is 1. The van der Waals surface area contributed by atoms with E-state index < -0.39 is 5.60 Å². The monoisotopic (exact) mass is 231 g/mol. The Balaban J connectivity index is 1.81. The van der Waals surface area contributed by atoms with Crippen molar-refractivity contribution in [2.24, 2.45) is 0 Å². The first-order valence-electron chi connectivity index (χ1n) is 5.74. The van der Waals surface area contributed by atoms with Crippen LogP contribution in [0.15, 0.2) is 30.3 Å². The van der Waals surface area contributed by atoms with E-state index in [-0.39, 0.29) is 11.8 Å². The molecule has 2 aliphatic rings. The van der Waals surface area contributed by atoms with E-state index in [1.165, 1.54) is 4.90 Å². The molecule has 2 aliphatic heterocycles. The van der Waals surface area contributed by atoms with Gasteiger partial charge in [-0.15, -0.1) is 0 Å². The van der Waals surface area contributed by atoms with E-state index in [9.17, 15) is 9.59 Å². The minimum Gasteiger partial charge on any atom is -0.363 e. The van der Waals surface area contributed by atoms with Crippen molar-refractivity contribution in [1.82, 2.24) is 4.90 Å². The lowest BCUT2D eigenvalue weighted by atomic mass is 9.99. The molecule has 0 bridgehead atoms. The van der Waals surface area contributed by atoms with Crippen LogP contribution < -0.4 is 0 Å². The predicted octanol–water partition coefficient (Wildman–Crippen LogP) is 1.06. The second kappa shape index (κ2) is 3.67. The predicted molar refractivity (Wildman–Crippen MR) is 60.0 cm³/mol. The zero-order valence-corrected chi connectivity index (χ0v) is 9.39. The largest absolute Gasteiger partial charge is 0.363 e. The van der Waals surface area contributed by atoms with Gasteiger partial charge < -0.3 is 4.74 Å². The Bertz CT molecular complexity index is 449. The Labute approximate surface area is 99.2 Å². The van der Waals surface area contributed by atoms with Crippen LogP contribution in [0.2, 0.25) is 0 Å². The van der Waals surface area contributed by atoms with Gasteiger partial charge in [-0.3, -0.25) is 14.5 Å².